The van der Waals surface area contributed by atoms with E-state index >= 15 is 0 Å². The molecule has 1 aliphatic rings. The number of hydrogen-bond donors (Lipinski definition) is 2. The van der Waals surface area contributed by atoms with Crippen molar-refractivity contribution in [1.29, 1.82) is 0 Å². The Hall–Kier alpha value is -2.59. The molecule has 3 rings (SSSR count). The van der Waals surface area contributed by atoms with Crippen molar-refractivity contribution < 1.29 is 36.2 Å². The second-order valence-electron chi connectivity index (χ2n) is 6.74. The van der Waals surface area contributed by atoms with Crippen molar-refractivity contribution in [2.45, 2.75) is 36.6 Å². The van der Waals surface area contributed by atoms with Crippen LogP contribution < -0.4 is 9.46 Å². The molecule has 0 aliphatic carbocycles. The first-order valence-corrected chi connectivity index (χ1v) is 10.1. The fourth-order valence-electron chi connectivity index (χ4n) is 3.29. The van der Waals surface area contributed by atoms with Crippen LogP contribution in [0, 0.1) is 5.92 Å². The maximum absolute atomic E-state index is 13.3. The van der Waals surface area contributed by atoms with Crippen LogP contribution in [0.3, 0.4) is 0 Å². The Morgan fingerprint density at radius 1 is 1.17 bits per heavy atom. The number of carbonyl (C=O) groups is 1. The van der Waals surface area contributed by atoms with Gasteiger partial charge in [0.05, 0.1) is 4.90 Å². The van der Waals surface area contributed by atoms with Crippen molar-refractivity contribution in [3.05, 3.63) is 59.7 Å². The normalized spacial score (nSPS) is 21.9. The first-order valence-electron chi connectivity index (χ1n) is 8.64. The number of halogens is 3. The van der Waals surface area contributed by atoms with Crippen molar-refractivity contribution >= 4 is 16.0 Å². The summed E-state index contributed by atoms with van der Waals surface area (Å²) in [5.74, 6) is -4.84. The molecule has 3 unspecified atom stereocenters. The van der Waals surface area contributed by atoms with Crippen molar-refractivity contribution in [1.82, 2.24) is 4.72 Å². The van der Waals surface area contributed by atoms with Crippen LogP contribution in [0.4, 0.5) is 13.2 Å². The Balaban J connectivity index is 1.91. The Morgan fingerprint density at radius 2 is 1.83 bits per heavy atom. The molecule has 0 saturated carbocycles. The zero-order valence-electron chi connectivity index (χ0n) is 15.2. The fourth-order valence-corrected chi connectivity index (χ4v) is 4.35. The first kappa shape index (κ1) is 21.1. The predicted molar refractivity (Wildman–Crippen MR) is 96.9 cm³/mol. The number of alkyl halides is 3. The number of aliphatic carboxylic acids is 1. The van der Waals surface area contributed by atoms with E-state index in [1.807, 2.05) is 0 Å². The molecule has 29 heavy (non-hydrogen) atoms. The maximum atomic E-state index is 13.3. The molecule has 0 aromatic heterocycles. The minimum atomic E-state index is -4.88. The van der Waals surface area contributed by atoms with E-state index in [-0.39, 0.29) is 22.8 Å². The average molecular weight is 429 g/mol. The standard InChI is InChI=1S/C19H18F3NO5S/c1-11-14-9-13(29(26,27)23-10-12-5-3-2-4-6-12)7-8-15(14)28-17(19(20,21)22)16(11)18(24)25/h2-9,11,16-17,23H,10H2,1H3,(H,24,25). The largest absolute Gasteiger partial charge is 0.481 e. The molecule has 1 heterocycles. The number of rotatable bonds is 5. The molecule has 0 saturated heterocycles. The Labute approximate surface area is 165 Å². The molecular formula is C19H18F3NO5S. The summed E-state index contributed by atoms with van der Waals surface area (Å²) in [5, 5.41) is 9.30. The van der Waals surface area contributed by atoms with Gasteiger partial charge in [0.2, 0.25) is 16.1 Å². The monoisotopic (exact) mass is 429 g/mol. The maximum Gasteiger partial charge on any atom is 0.426 e. The van der Waals surface area contributed by atoms with Crippen LogP contribution in [-0.2, 0) is 21.4 Å². The molecular weight excluding hydrogens is 411 g/mol. The first-order chi connectivity index (χ1) is 13.5. The molecule has 0 bridgehead atoms. The lowest BCUT2D eigenvalue weighted by molar-refractivity contribution is -0.220. The van der Waals surface area contributed by atoms with Crippen molar-refractivity contribution in [3.63, 3.8) is 0 Å². The van der Waals surface area contributed by atoms with Gasteiger partial charge in [-0.2, -0.15) is 13.2 Å². The fraction of sp³-hybridized carbons (Fsp3) is 0.316. The van der Waals surface area contributed by atoms with Crippen LogP contribution in [0.2, 0.25) is 0 Å². The molecule has 6 nitrogen and oxygen atoms in total. The van der Waals surface area contributed by atoms with E-state index in [1.165, 1.54) is 6.92 Å². The summed E-state index contributed by atoms with van der Waals surface area (Å²) in [7, 11) is -3.97. The lowest BCUT2D eigenvalue weighted by Crippen LogP contribution is -2.49. The van der Waals surface area contributed by atoms with Gasteiger partial charge in [-0.05, 0) is 29.3 Å². The lowest BCUT2D eigenvalue weighted by Gasteiger charge is -2.36. The van der Waals surface area contributed by atoms with E-state index in [9.17, 15) is 31.5 Å². The molecule has 0 amide bonds. The summed E-state index contributed by atoms with van der Waals surface area (Å²) in [5.41, 5.74) is 0.824. The van der Waals surface area contributed by atoms with E-state index in [0.717, 1.165) is 23.8 Å². The summed E-state index contributed by atoms with van der Waals surface area (Å²) in [6.45, 7) is 1.34. The minimum Gasteiger partial charge on any atom is -0.481 e. The van der Waals surface area contributed by atoms with Gasteiger partial charge in [-0.1, -0.05) is 37.3 Å². The van der Waals surface area contributed by atoms with Crippen molar-refractivity contribution in [3.8, 4) is 5.75 Å². The van der Waals surface area contributed by atoms with Crippen LogP contribution in [0.1, 0.15) is 24.0 Å². The number of benzene rings is 2. The smallest absolute Gasteiger partial charge is 0.426 e. The lowest BCUT2D eigenvalue weighted by atomic mass is 9.81. The average Bonchev–Trinajstić information content (AvgIpc) is 2.66. The van der Waals surface area contributed by atoms with E-state index in [1.54, 1.807) is 30.3 Å². The zero-order valence-corrected chi connectivity index (χ0v) is 16.0. The van der Waals surface area contributed by atoms with Gasteiger partial charge in [0.1, 0.15) is 11.7 Å². The highest BCUT2D eigenvalue weighted by Crippen LogP contribution is 2.45. The van der Waals surface area contributed by atoms with E-state index in [0.29, 0.717) is 0 Å². The van der Waals surface area contributed by atoms with Gasteiger partial charge in [0.15, 0.2) is 0 Å². The zero-order chi connectivity index (χ0) is 21.4. The van der Waals surface area contributed by atoms with Crippen molar-refractivity contribution in [2.24, 2.45) is 5.92 Å². The highest BCUT2D eigenvalue weighted by molar-refractivity contribution is 7.89. The molecule has 2 N–H and O–H groups in total. The number of sulfonamides is 1. The molecule has 0 fully saturated rings. The highest BCUT2D eigenvalue weighted by atomic mass is 32.2. The van der Waals surface area contributed by atoms with E-state index in [2.05, 4.69) is 4.72 Å². The van der Waals surface area contributed by atoms with Crippen LogP contribution in [0.15, 0.2) is 53.4 Å². The highest BCUT2D eigenvalue weighted by Gasteiger charge is 2.54. The molecule has 1 aliphatic heterocycles. The van der Waals surface area contributed by atoms with Gasteiger partial charge >= 0.3 is 12.1 Å². The predicted octanol–water partition coefficient (Wildman–Crippen LogP) is 3.29. The van der Waals surface area contributed by atoms with Gasteiger partial charge in [-0.15, -0.1) is 0 Å². The molecule has 0 radical (unpaired) electrons. The number of fused-ring (bicyclic) bond motifs is 1. The number of ether oxygens (including phenoxy) is 1. The Morgan fingerprint density at radius 3 is 2.41 bits per heavy atom. The van der Waals surface area contributed by atoms with Gasteiger partial charge in [-0.25, -0.2) is 13.1 Å². The third kappa shape index (κ3) is 4.38. The number of carboxylic acids is 1. The molecule has 10 heteroatoms. The van der Waals surface area contributed by atoms with Crippen LogP contribution in [0.25, 0.3) is 0 Å². The van der Waals surface area contributed by atoms with Crippen LogP contribution in [-0.4, -0.2) is 31.8 Å². The topological polar surface area (TPSA) is 92.7 Å². The molecule has 0 spiro atoms. The molecule has 2 aromatic rings. The minimum absolute atomic E-state index is 0.0280. The number of hydrogen-bond acceptors (Lipinski definition) is 4. The molecule has 2 aromatic carbocycles. The van der Waals surface area contributed by atoms with Crippen molar-refractivity contribution in [2.75, 3.05) is 0 Å². The SMILES string of the molecule is CC1c2cc(S(=O)(=O)NCc3ccccc3)ccc2OC(C(F)(F)F)C1C(=O)O. The molecule has 156 valence electrons. The van der Waals surface area contributed by atoms with Gasteiger partial charge in [0.25, 0.3) is 0 Å². The summed E-state index contributed by atoms with van der Waals surface area (Å²) in [4.78, 5) is 11.3. The summed E-state index contributed by atoms with van der Waals surface area (Å²) >= 11 is 0. The Kier molecular flexibility index (Phi) is 5.59. The Bertz CT molecular complexity index is 1010. The number of nitrogens with one attached hydrogen (secondary N) is 1. The summed E-state index contributed by atoms with van der Waals surface area (Å²) in [6, 6.07) is 12.2. The third-order valence-electron chi connectivity index (χ3n) is 4.82. The van der Waals surface area contributed by atoms with E-state index in [4.69, 9.17) is 4.74 Å². The van der Waals surface area contributed by atoms with Gasteiger partial charge < -0.3 is 9.84 Å². The second-order valence-corrected chi connectivity index (χ2v) is 8.51. The van der Waals surface area contributed by atoms with Crippen LogP contribution in [0.5, 0.6) is 5.75 Å². The summed E-state index contributed by atoms with van der Waals surface area (Å²) < 4.78 is 72.3. The van der Waals surface area contributed by atoms with E-state index < -0.39 is 40.1 Å². The number of carboxylic acid groups (broad SMARTS) is 1. The molecule has 3 atom stereocenters. The van der Waals surface area contributed by atoms with Gasteiger partial charge in [-0.3, -0.25) is 4.79 Å². The summed E-state index contributed by atoms with van der Waals surface area (Å²) in [6.07, 6.45) is -7.39. The van der Waals surface area contributed by atoms with Gasteiger partial charge in [0, 0.05) is 12.5 Å². The van der Waals surface area contributed by atoms with Crippen LogP contribution >= 0.6 is 0 Å². The third-order valence-corrected chi connectivity index (χ3v) is 6.22. The second kappa shape index (κ2) is 7.68. The quantitative estimate of drug-likeness (QED) is 0.761.